The summed E-state index contributed by atoms with van der Waals surface area (Å²) in [6, 6.07) is 11.4. The predicted molar refractivity (Wildman–Crippen MR) is 91.6 cm³/mol. The third-order valence-electron chi connectivity index (χ3n) is 5.52. The summed E-state index contributed by atoms with van der Waals surface area (Å²) in [6.07, 6.45) is -0.0768. The van der Waals surface area contributed by atoms with Crippen LogP contribution in [-0.2, 0) is 9.47 Å². The zero-order valence-corrected chi connectivity index (χ0v) is 14.4. The number of phenolic OH excluding ortho intramolecular Hbond substituents is 1. The Bertz CT molecular complexity index is 810. The van der Waals surface area contributed by atoms with Crippen molar-refractivity contribution in [2.24, 2.45) is 11.8 Å². The Morgan fingerprint density at radius 3 is 2.27 bits per heavy atom. The van der Waals surface area contributed by atoms with Gasteiger partial charge in [-0.25, -0.2) is 0 Å². The van der Waals surface area contributed by atoms with E-state index in [9.17, 15) is 5.11 Å². The number of ether oxygens (including phenoxy) is 5. The van der Waals surface area contributed by atoms with Gasteiger partial charge in [-0.05, 0) is 35.4 Å². The van der Waals surface area contributed by atoms with Gasteiger partial charge in [0.05, 0.1) is 32.5 Å². The second-order valence-electron chi connectivity index (χ2n) is 6.88. The lowest BCUT2D eigenvalue weighted by Crippen LogP contribution is -2.14. The molecule has 6 nitrogen and oxygen atoms in total. The molecular formula is C20H20O6. The van der Waals surface area contributed by atoms with Crippen molar-refractivity contribution in [2.75, 3.05) is 27.1 Å². The van der Waals surface area contributed by atoms with E-state index in [1.165, 1.54) is 0 Å². The molecule has 0 spiro atoms. The van der Waals surface area contributed by atoms with Crippen molar-refractivity contribution >= 4 is 0 Å². The number of aromatic hydroxyl groups is 1. The van der Waals surface area contributed by atoms with Crippen molar-refractivity contribution in [1.82, 2.24) is 0 Å². The number of methoxy groups -OCH3 is 1. The molecule has 2 unspecified atom stereocenters. The van der Waals surface area contributed by atoms with E-state index in [4.69, 9.17) is 23.7 Å². The van der Waals surface area contributed by atoms with Crippen LogP contribution in [0.5, 0.6) is 23.0 Å². The SMILES string of the molecule is COc1cc(C2OC[C@@H]3C(c4ccc5c(c4)OCO5)OC[C@H]23)ccc1O. The van der Waals surface area contributed by atoms with Gasteiger partial charge in [-0.3, -0.25) is 0 Å². The highest BCUT2D eigenvalue weighted by atomic mass is 16.7. The van der Waals surface area contributed by atoms with Crippen LogP contribution in [0.25, 0.3) is 0 Å². The first-order chi connectivity index (χ1) is 12.7. The van der Waals surface area contributed by atoms with Gasteiger partial charge in [-0.1, -0.05) is 12.1 Å². The molecule has 0 saturated carbocycles. The van der Waals surface area contributed by atoms with Gasteiger partial charge in [-0.2, -0.15) is 0 Å². The van der Waals surface area contributed by atoms with Crippen molar-refractivity contribution in [1.29, 1.82) is 0 Å². The van der Waals surface area contributed by atoms with Crippen LogP contribution in [0.2, 0.25) is 0 Å². The topological polar surface area (TPSA) is 66.4 Å². The Morgan fingerprint density at radius 1 is 0.885 bits per heavy atom. The minimum atomic E-state index is -0.0616. The quantitative estimate of drug-likeness (QED) is 0.911. The van der Waals surface area contributed by atoms with Gasteiger partial charge in [0, 0.05) is 11.8 Å². The van der Waals surface area contributed by atoms with E-state index in [0.29, 0.717) is 19.0 Å². The van der Waals surface area contributed by atoms with E-state index in [-0.39, 0.29) is 36.6 Å². The third-order valence-corrected chi connectivity index (χ3v) is 5.52. The molecular weight excluding hydrogens is 336 g/mol. The number of phenols is 1. The second kappa shape index (κ2) is 6.07. The van der Waals surface area contributed by atoms with E-state index in [1.807, 2.05) is 30.3 Å². The Morgan fingerprint density at radius 2 is 1.54 bits per heavy atom. The van der Waals surface area contributed by atoms with Gasteiger partial charge in [0.25, 0.3) is 0 Å². The fraction of sp³-hybridized carbons (Fsp3) is 0.400. The van der Waals surface area contributed by atoms with Crippen LogP contribution >= 0.6 is 0 Å². The van der Waals surface area contributed by atoms with Crippen LogP contribution in [0.4, 0.5) is 0 Å². The number of rotatable bonds is 3. The van der Waals surface area contributed by atoms with Gasteiger partial charge >= 0.3 is 0 Å². The van der Waals surface area contributed by atoms with Crippen LogP contribution in [0.1, 0.15) is 23.3 Å². The molecule has 26 heavy (non-hydrogen) atoms. The molecule has 0 aromatic heterocycles. The average Bonchev–Trinajstić information content (AvgIpc) is 3.37. The molecule has 6 heteroatoms. The molecule has 2 aromatic carbocycles. The number of fused-ring (bicyclic) bond motifs is 2. The van der Waals surface area contributed by atoms with E-state index >= 15 is 0 Å². The van der Waals surface area contributed by atoms with Gasteiger partial charge < -0.3 is 28.8 Å². The molecule has 5 rings (SSSR count). The fourth-order valence-electron chi connectivity index (χ4n) is 4.20. The summed E-state index contributed by atoms with van der Waals surface area (Å²) in [5.74, 6) is 2.68. The van der Waals surface area contributed by atoms with Crippen molar-refractivity contribution in [3.63, 3.8) is 0 Å². The molecule has 4 atom stereocenters. The summed E-state index contributed by atoms with van der Waals surface area (Å²) in [4.78, 5) is 0. The van der Waals surface area contributed by atoms with E-state index < -0.39 is 0 Å². The minimum absolute atomic E-state index is 0.0153. The molecule has 0 radical (unpaired) electrons. The molecule has 2 aromatic rings. The Kier molecular flexibility index (Phi) is 3.69. The van der Waals surface area contributed by atoms with E-state index in [0.717, 1.165) is 22.6 Å². The lowest BCUT2D eigenvalue weighted by molar-refractivity contribution is 0.0191. The normalized spacial score (nSPS) is 29.0. The third kappa shape index (κ3) is 2.40. The van der Waals surface area contributed by atoms with Gasteiger partial charge in [0.2, 0.25) is 6.79 Å². The predicted octanol–water partition coefficient (Wildman–Crippen LogP) is 3.20. The van der Waals surface area contributed by atoms with E-state index in [2.05, 4.69) is 0 Å². The largest absolute Gasteiger partial charge is 0.504 e. The number of hydrogen-bond donors (Lipinski definition) is 1. The van der Waals surface area contributed by atoms with Crippen molar-refractivity contribution in [2.45, 2.75) is 12.2 Å². The number of hydrogen-bond acceptors (Lipinski definition) is 6. The van der Waals surface area contributed by atoms with E-state index in [1.54, 1.807) is 13.2 Å². The summed E-state index contributed by atoms with van der Waals surface area (Å²) < 4.78 is 28.4. The second-order valence-corrected chi connectivity index (χ2v) is 6.88. The molecule has 3 aliphatic rings. The molecule has 3 heterocycles. The van der Waals surface area contributed by atoms with Crippen LogP contribution in [0.15, 0.2) is 36.4 Å². The summed E-state index contributed by atoms with van der Waals surface area (Å²) >= 11 is 0. The molecule has 2 saturated heterocycles. The van der Waals surface area contributed by atoms with Gasteiger partial charge in [0.1, 0.15) is 0 Å². The van der Waals surface area contributed by atoms with Crippen LogP contribution < -0.4 is 14.2 Å². The fourth-order valence-corrected chi connectivity index (χ4v) is 4.20. The molecule has 3 aliphatic heterocycles. The Balaban J connectivity index is 1.40. The number of benzene rings is 2. The molecule has 1 N–H and O–H groups in total. The van der Waals surface area contributed by atoms with Crippen LogP contribution in [-0.4, -0.2) is 32.2 Å². The minimum Gasteiger partial charge on any atom is -0.504 e. The highest BCUT2D eigenvalue weighted by Crippen LogP contribution is 2.51. The maximum Gasteiger partial charge on any atom is 0.231 e. The monoisotopic (exact) mass is 356 g/mol. The van der Waals surface area contributed by atoms with Crippen molar-refractivity contribution in [3.05, 3.63) is 47.5 Å². The molecule has 0 aliphatic carbocycles. The first kappa shape index (κ1) is 15.8. The maximum atomic E-state index is 9.82. The summed E-state index contributed by atoms with van der Waals surface area (Å²) in [7, 11) is 1.55. The maximum absolute atomic E-state index is 9.82. The Hall–Kier alpha value is -2.44. The smallest absolute Gasteiger partial charge is 0.231 e. The van der Waals surface area contributed by atoms with Crippen LogP contribution in [0, 0.1) is 11.8 Å². The van der Waals surface area contributed by atoms with Gasteiger partial charge in [-0.15, -0.1) is 0 Å². The zero-order chi connectivity index (χ0) is 17.7. The molecule has 0 amide bonds. The summed E-state index contributed by atoms with van der Waals surface area (Å²) in [5, 5.41) is 9.82. The van der Waals surface area contributed by atoms with Crippen molar-refractivity contribution < 1.29 is 28.8 Å². The molecule has 136 valence electrons. The lowest BCUT2D eigenvalue weighted by atomic mass is 9.85. The highest BCUT2D eigenvalue weighted by Gasteiger charge is 2.48. The standard InChI is InChI=1S/C20H20O6/c1-22-17-6-11(2-4-15(17)21)19-13-8-24-20(14(13)9-23-19)12-3-5-16-18(7-12)26-10-25-16/h2-7,13-14,19-21H,8-10H2,1H3/t13-,14-,19?,20?/m0/s1. The summed E-state index contributed by atoms with van der Waals surface area (Å²) in [5.41, 5.74) is 2.09. The van der Waals surface area contributed by atoms with Gasteiger partial charge in [0.15, 0.2) is 23.0 Å². The van der Waals surface area contributed by atoms with Crippen molar-refractivity contribution in [3.8, 4) is 23.0 Å². The Labute approximate surface area is 151 Å². The lowest BCUT2D eigenvalue weighted by Gasteiger charge is -2.17. The first-order valence-corrected chi connectivity index (χ1v) is 8.74. The summed E-state index contributed by atoms with van der Waals surface area (Å²) in [6.45, 7) is 1.54. The highest BCUT2D eigenvalue weighted by molar-refractivity contribution is 5.46. The zero-order valence-electron chi connectivity index (χ0n) is 14.4. The molecule has 2 fully saturated rings. The average molecular weight is 356 g/mol. The molecule has 0 bridgehead atoms. The van der Waals surface area contributed by atoms with Crippen LogP contribution in [0.3, 0.4) is 0 Å². The first-order valence-electron chi connectivity index (χ1n) is 8.74.